The van der Waals surface area contributed by atoms with E-state index >= 15 is 0 Å². The third-order valence-electron chi connectivity index (χ3n) is 5.88. The lowest BCUT2D eigenvalue weighted by molar-refractivity contribution is 0.261. The van der Waals surface area contributed by atoms with Crippen molar-refractivity contribution >= 4 is 6.08 Å². The molecule has 2 aliphatic rings. The van der Waals surface area contributed by atoms with E-state index in [2.05, 4.69) is 62.9 Å². The van der Waals surface area contributed by atoms with Crippen LogP contribution in [-0.4, -0.2) is 38.6 Å². The van der Waals surface area contributed by atoms with Crippen LogP contribution in [0.3, 0.4) is 0 Å². The standard InChI is InChI=1S/C27H32O4/c1-5-7-19-13-21(9-11-25(19)30-17-23-15-28-23)27(3,4)22-10-12-26(20(14-22)8-6-2)31-18-24-16-29-24/h5-6,8-14,23-24H,1,7,15-18H2,2-4H3. The molecule has 0 N–H and O–H groups in total. The Hall–Kier alpha value is -2.56. The number of epoxide rings is 2. The summed E-state index contributed by atoms with van der Waals surface area (Å²) in [7, 11) is 0. The van der Waals surface area contributed by atoms with E-state index in [1.807, 2.05) is 19.1 Å². The summed E-state index contributed by atoms with van der Waals surface area (Å²) in [6.07, 6.45) is 7.32. The Bertz CT molecular complexity index is 952. The highest BCUT2D eigenvalue weighted by Crippen LogP contribution is 2.37. The zero-order valence-electron chi connectivity index (χ0n) is 18.7. The van der Waals surface area contributed by atoms with Crippen molar-refractivity contribution in [1.82, 2.24) is 0 Å². The minimum absolute atomic E-state index is 0.178. The van der Waals surface area contributed by atoms with E-state index in [1.54, 1.807) is 0 Å². The summed E-state index contributed by atoms with van der Waals surface area (Å²) in [5.41, 5.74) is 4.54. The molecule has 164 valence electrons. The van der Waals surface area contributed by atoms with Crippen molar-refractivity contribution < 1.29 is 18.9 Å². The molecule has 2 atom stereocenters. The summed E-state index contributed by atoms with van der Waals surface area (Å²) in [5, 5.41) is 0. The van der Waals surface area contributed by atoms with Gasteiger partial charge in [0.1, 0.15) is 36.9 Å². The molecule has 2 heterocycles. The van der Waals surface area contributed by atoms with Crippen LogP contribution in [0.1, 0.15) is 43.0 Å². The molecule has 2 unspecified atom stereocenters. The smallest absolute Gasteiger partial charge is 0.126 e. The van der Waals surface area contributed by atoms with Gasteiger partial charge >= 0.3 is 0 Å². The molecular weight excluding hydrogens is 388 g/mol. The van der Waals surface area contributed by atoms with Gasteiger partial charge in [0.15, 0.2) is 0 Å². The van der Waals surface area contributed by atoms with Crippen molar-refractivity contribution in [3.8, 4) is 11.5 Å². The van der Waals surface area contributed by atoms with Crippen molar-refractivity contribution in [3.05, 3.63) is 77.4 Å². The van der Waals surface area contributed by atoms with Gasteiger partial charge in [-0.25, -0.2) is 0 Å². The average Bonchev–Trinajstić information content (AvgIpc) is 3.67. The summed E-state index contributed by atoms with van der Waals surface area (Å²) in [5.74, 6) is 1.81. The minimum Gasteiger partial charge on any atom is -0.490 e. The van der Waals surface area contributed by atoms with Gasteiger partial charge in [0.05, 0.1) is 13.2 Å². The van der Waals surface area contributed by atoms with Gasteiger partial charge in [-0.3, -0.25) is 0 Å². The Morgan fingerprint density at radius 1 is 0.968 bits per heavy atom. The molecule has 0 aromatic heterocycles. The van der Waals surface area contributed by atoms with Gasteiger partial charge < -0.3 is 18.9 Å². The molecule has 0 amide bonds. The fraction of sp³-hybridized carbons (Fsp3) is 0.407. The third-order valence-corrected chi connectivity index (χ3v) is 5.88. The van der Waals surface area contributed by atoms with Gasteiger partial charge in [-0.05, 0) is 48.2 Å². The fourth-order valence-corrected chi connectivity index (χ4v) is 3.66. The van der Waals surface area contributed by atoms with Crippen LogP contribution in [0, 0.1) is 0 Å². The highest BCUT2D eigenvalue weighted by molar-refractivity contribution is 5.60. The molecular formula is C27H32O4. The Balaban J connectivity index is 1.60. The number of allylic oxidation sites excluding steroid dienone is 2. The second-order valence-corrected chi connectivity index (χ2v) is 8.73. The largest absolute Gasteiger partial charge is 0.490 e. The first kappa shape index (κ1) is 21.7. The lowest BCUT2D eigenvalue weighted by atomic mass is 9.77. The predicted octanol–water partition coefficient (Wildman–Crippen LogP) is 5.33. The Labute approximate surface area is 185 Å². The van der Waals surface area contributed by atoms with Gasteiger partial charge in [0.25, 0.3) is 0 Å². The monoisotopic (exact) mass is 420 g/mol. The molecule has 2 aromatic carbocycles. The molecule has 2 aromatic rings. The molecule has 0 bridgehead atoms. The highest BCUT2D eigenvalue weighted by Gasteiger charge is 2.27. The van der Waals surface area contributed by atoms with E-state index in [0.29, 0.717) is 13.2 Å². The summed E-state index contributed by atoms with van der Waals surface area (Å²) >= 11 is 0. The maximum absolute atomic E-state index is 6.00. The summed E-state index contributed by atoms with van der Waals surface area (Å²) < 4.78 is 22.5. The highest BCUT2D eigenvalue weighted by atomic mass is 16.6. The molecule has 4 nitrogen and oxygen atoms in total. The van der Waals surface area contributed by atoms with Crippen LogP contribution < -0.4 is 9.47 Å². The van der Waals surface area contributed by atoms with E-state index in [1.165, 1.54) is 11.1 Å². The molecule has 0 spiro atoms. The van der Waals surface area contributed by atoms with Crippen LogP contribution in [-0.2, 0) is 21.3 Å². The van der Waals surface area contributed by atoms with E-state index in [9.17, 15) is 0 Å². The van der Waals surface area contributed by atoms with E-state index in [-0.39, 0.29) is 17.6 Å². The Kier molecular flexibility index (Phi) is 6.49. The minimum atomic E-state index is -0.178. The SMILES string of the molecule is C=CCc1cc(C(C)(C)c2ccc(OCC3CO3)c(C=CC)c2)ccc1OCC1CO1. The van der Waals surface area contributed by atoms with Gasteiger partial charge in [-0.2, -0.15) is 0 Å². The second kappa shape index (κ2) is 9.29. The van der Waals surface area contributed by atoms with Crippen LogP contribution >= 0.6 is 0 Å². The molecule has 4 rings (SSSR count). The number of hydrogen-bond donors (Lipinski definition) is 0. The number of ether oxygens (including phenoxy) is 4. The van der Waals surface area contributed by atoms with Crippen LogP contribution in [0.4, 0.5) is 0 Å². The average molecular weight is 421 g/mol. The first-order valence-electron chi connectivity index (χ1n) is 11.0. The Morgan fingerprint density at radius 2 is 1.55 bits per heavy atom. The van der Waals surface area contributed by atoms with Crippen LogP contribution in [0.25, 0.3) is 6.08 Å². The fourth-order valence-electron chi connectivity index (χ4n) is 3.66. The summed E-state index contributed by atoms with van der Waals surface area (Å²) in [4.78, 5) is 0. The summed E-state index contributed by atoms with van der Waals surface area (Å²) in [6, 6.07) is 13.0. The van der Waals surface area contributed by atoms with Crippen molar-refractivity contribution in [2.24, 2.45) is 0 Å². The predicted molar refractivity (Wildman–Crippen MR) is 124 cm³/mol. The maximum atomic E-state index is 6.00. The quantitative estimate of drug-likeness (QED) is 0.364. The number of rotatable bonds is 11. The topological polar surface area (TPSA) is 43.5 Å². The summed E-state index contributed by atoms with van der Waals surface area (Å²) in [6.45, 7) is 13.3. The van der Waals surface area contributed by atoms with Crippen molar-refractivity contribution in [1.29, 1.82) is 0 Å². The first-order chi connectivity index (χ1) is 15.0. The van der Waals surface area contributed by atoms with Gasteiger partial charge in [-0.15, -0.1) is 6.58 Å². The van der Waals surface area contributed by atoms with Crippen molar-refractivity contribution in [2.45, 2.75) is 44.8 Å². The zero-order chi connectivity index (χ0) is 21.8. The molecule has 0 saturated carbocycles. The molecule has 2 aliphatic heterocycles. The lowest BCUT2D eigenvalue weighted by Gasteiger charge is -2.28. The van der Waals surface area contributed by atoms with Crippen LogP contribution in [0.5, 0.6) is 11.5 Å². The van der Waals surface area contributed by atoms with E-state index < -0.39 is 0 Å². The van der Waals surface area contributed by atoms with Gasteiger partial charge in [0.2, 0.25) is 0 Å². The van der Waals surface area contributed by atoms with Crippen LogP contribution in [0.15, 0.2) is 55.1 Å². The molecule has 2 fully saturated rings. The normalized spacial score (nSPS) is 20.0. The van der Waals surface area contributed by atoms with Gasteiger partial charge in [0, 0.05) is 11.0 Å². The van der Waals surface area contributed by atoms with Crippen molar-refractivity contribution in [2.75, 3.05) is 26.4 Å². The van der Waals surface area contributed by atoms with E-state index in [4.69, 9.17) is 18.9 Å². The third kappa shape index (κ3) is 5.38. The van der Waals surface area contributed by atoms with E-state index in [0.717, 1.165) is 42.3 Å². The van der Waals surface area contributed by atoms with Crippen LogP contribution in [0.2, 0.25) is 0 Å². The first-order valence-corrected chi connectivity index (χ1v) is 11.0. The second-order valence-electron chi connectivity index (χ2n) is 8.73. The molecule has 4 heteroatoms. The molecule has 31 heavy (non-hydrogen) atoms. The van der Waals surface area contributed by atoms with Gasteiger partial charge in [-0.1, -0.05) is 50.3 Å². The molecule has 2 saturated heterocycles. The maximum Gasteiger partial charge on any atom is 0.126 e. The number of hydrogen-bond acceptors (Lipinski definition) is 4. The Morgan fingerprint density at radius 3 is 2.13 bits per heavy atom. The molecule has 0 aliphatic carbocycles. The lowest BCUT2D eigenvalue weighted by Crippen LogP contribution is -2.20. The van der Waals surface area contributed by atoms with Crippen molar-refractivity contribution in [3.63, 3.8) is 0 Å². The zero-order valence-corrected chi connectivity index (χ0v) is 18.7. The number of benzene rings is 2. The molecule has 0 radical (unpaired) electrons.